The van der Waals surface area contributed by atoms with Crippen LogP contribution < -0.4 is 0 Å². The fourth-order valence-corrected chi connectivity index (χ4v) is 1.23. The minimum Gasteiger partial charge on any atom is -0.466 e. The fraction of sp³-hybridized carbons (Fsp3) is 0.600. The summed E-state index contributed by atoms with van der Waals surface area (Å²) in [5.74, 6) is -0.411. The van der Waals surface area contributed by atoms with Crippen molar-refractivity contribution < 1.29 is 19.1 Å². The number of morpholine rings is 1. The molecule has 15 heavy (non-hydrogen) atoms. The molecule has 1 rings (SSSR count). The van der Waals surface area contributed by atoms with Gasteiger partial charge in [0.15, 0.2) is 0 Å². The first kappa shape index (κ1) is 11.7. The Balaban J connectivity index is 2.47. The van der Waals surface area contributed by atoms with Crippen molar-refractivity contribution in [3.8, 4) is 0 Å². The molecule has 0 radical (unpaired) electrons. The summed E-state index contributed by atoms with van der Waals surface area (Å²) in [7, 11) is 1.33. The van der Waals surface area contributed by atoms with Gasteiger partial charge in [-0.1, -0.05) is 6.08 Å². The Hall–Kier alpha value is -1.36. The van der Waals surface area contributed by atoms with E-state index in [2.05, 4.69) is 4.74 Å². The summed E-state index contributed by atoms with van der Waals surface area (Å²) >= 11 is 0. The molecule has 0 aliphatic carbocycles. The van der Waals surface area contributed by atoms with Crippen LogP contribution in [0.1, 0.15) is 6.92 Å². The topological polar surface area (TPSA) is 55.8 Å². The van der Waals surface area contributed by atoms with E-state index in [4.69, 9.17) is 4.74 Å². The van der Waals surface area contributed by atoms with Crippen LogP contribution in [-0.4, -0.2) is 50.2 Å². The third-order valence-corrected chi connectivity index (χ3v) is 2.21. The Bertz CT molecular complexity index is 285. The molecule has 0 saturated carbocycles. The molecule has 0 bridgehead atoms. The lowest BCUT2D eigenvalue weighted by molar-refractivity contribution is -0.142. The molecule has 5 heteroatoms. The van der Waals surface area contributed by atoms with E-state index in [1.54, 1.807) is 17.9 Å². The fourth-order valence-electron chi connectivity index (χ4n) is 1.23. The first-order valence-electron chi connectivity index (χ1n) is 4.75. The molecule has 1 heterocycles. The molecule has 0 N–H and O–H groups in total. The van der Waals surface area contributed by atoms with Crippen molar-refractivity contribution in [2.24, 2.45) is 0 Å². The quantitative estimate of drug-likeness (QED) is 0.488. The molecule has 5 nitrogen and oxygen atoms in total. The van der Waals surface area contributed by atoms with Crippen LogP contribution in [0.2, 0.25) is 0 Å². The number of ether oxygens (including phenoxy) is 2. The van der Waals surface area contributed by atoms with Crippen molar-refractivity contribution in [1.29, 1.82) is 0 Å². The van der Waals surface area contributed by atoms with E-state index in [9.17, 15) is 9.59 Å². The molecule has 0 aromatic rings. The van der Waals surface area contributed by atoms with Crippen molar-refractivity contribution >= 4 is 11.9 Å². The van der Waals surface area contributed by atoms with E-state index in [0.717, 1.165) is 0 Å². The van der Waals surface area contributed by atoms with Crippen LogP contribution in [0.3, 0.4) is 0 Å². The van der Waals surface area contributed by atoms with Gasteiger partial charge in [-0.3, -0.25) is 4.79 Å². The summed E-state index contributed by atoms with van der Waals surface area (Å²) < 4.78 is 9.53. The first-order chi connectivity index (χ1) is 7.15. The molecule has 0 unspecified atom stereocenters. The number of amides is 1. The lowest BCUT2D eigenvalue weighted by Crippen LogP contribution is -2.41. The van der Waals surface area contributed by atoms with Gasteiger partial charge in [-0.15, -0.1) is 0 Å². The Morgan fingerprint density at radius 2 is 2.40 bits per heavy atom. The van der Waals surface area contributed by atoms with E-state index in [0.29, 0.717) is 25.3 Å². The molecule has 1 amide bonds. The summed E-state index contributed by atoms with van der Waals surface area (Å²) in [6.07, 6.45) is 1.69. The molecule has 0 atom stereocenters. The monoisotopic (exact) mass is 213 g/mol. The third-order valence-electron chi connectivity index (χ3n) is 2.21. The summed E-state index contributed by atoms with van der Waals surface area (Å²) in [6, 6.07) is 0. The van der Waals surface area contributed by atoms with Crippen molar-refractivity contribution in [1.82, 2.24) is 4.90 Å². The number of rotatable bonds is 3. The van der Waals surface area contributed by atoms with Crippen LogP contribution in [0.25, 0.3) is 0 Å². The number of hydrogen-bond donors (Lipinski definition) is 0. The van der Waals surface area contributed by atoms with Crippen LogP contribution in [0.4, 0.5) is 0 Å². The van der Waals surface area contributed by atoms with Crippen LogP contribution >= 0.6 is 0 Å². The smallest absolute Gasteiger partial charge is 0.333 e. The maximum atomic E-state index is 11.3. The second kappa shape index (κ2) is 5.50. The molecule has 84 valence electrons. The maximum Gasteiger partial charge on any atom is 0.333 e. The Kier molecular flexibility index (Phi) is 4.30. The van der Waals surface area contributed by atoms with E-state index < -0.39 is 0 Å². The van der Waals surface area contributed by atoms with Gasteiger partial charge in [0.25, 0.3) is 0 Å². The standard InChI is InChI=1S/C10H15NO4/c1-8(10(13)14-2)3-4-11-5-6-15-7-9(11)12/h3H,4-7H2,1-2H3. The molecule has 1 fully saturated rings. The van der Waals surface area contributed by atoms with E-state index in [1.807, 2.05) is 0 Å². The van der Waals surface area contributed by atoms with Gasteiger partial charge in [0.05, 0.1) is 13.7 Å². The molecule has 0 aromatic carbocycles. The third kappa shape index (κ3) is 3.36. The minimum atomic E-state index is -0.365. The van der Waals surface area contributed by atoms with Gasteiger partial charge in [-0.25, -0.2) is 4.79 Å². The number of esters is 1. The minimum absolute atomic E-state index is 0.0461. The number of methoxy groups -OCH3 is 1. The van der Waals surface area contributed by atoms with E-state index in [-0.39, 0.29) is 18.5 Å². The zero-order chi connectivity index (χ0) is 11.3. The number of hydrogen-bond acceptors (Lipinski definition) is 4. The molecule has 1 aliphatic rings. The Morgan fingerprint density at radius 3 is 3.00 bits per heavy atom. The summed E-state index contributed by atoms with van der Waals surface area (Å²) in [5, 5.41) is 0. The van der Waals surface area contributed by atoms with Gasteiger partial charge < -0.3 is 14.4 Å². The summed E-state index contributed by atoms with van der Waals surface area (Å²) in [4.78, 5) is 24.0. The highest BCUT2D eigenvalue weighted by Gasteiger charge is 2.17. The average Bonchev–Trinajstić information content (AvgIpc) is 2.26. The molecule has 0 spiro atoms. The van der Waals surface area contributed by atoms with Gasteiger partial charge in [-0.05, 0) is 6.92 Å². The van der Waals surface area contributed by atoms with Crippen LogP contribution in [0.15, 0.2) is 11.6 Å². The molecule has 1 saturated heterocycles. The maximum absolute atomic E-state index is 11.3. The first-order valence-corrected chi connectivity index (χ1v) is 4.75. The van der Waals surface area contributed by atoms with Crippen LogP contribution in [-0.2, 0) is 19.1 Å². The predicted molar refractivity (Wildman–Crippen MR) is 53.2 cm³/mol. The second-order valence-corrected chi connectivity index (χ2v) is 3.27. The second-order valence-electron chi connectivity index (χ2n) is 3.27. The predicted octanol–water partition coefficient (Wildman–Crippen LogP) is -0.0355. The average molecular weight is 213 g/mol. The number of nitrogens with zero attached hydrogens (tertiary/aromatic N) is 1. The number of carbonyl (C=O) groups excluding carboxylic acids is 2. The molecule has 0 aromatic heterocycles. The van der Waals surface area contributed by atoms with E-state index >= 15 is 0 Å². The van der Waals surface area contributed by atoms with Gasteiger partial charge in [-0.2, -0.15) is 0 Å². The van der Waals surface area contributed by atoms with Gasteiger partial charge >= 0.3 is 5.97 Å². The van der Waals surface area contributed by atoms with Gasteiger partial charge in [0.2, 0.25) is 5.91 Å². The normalized spacial score (nSPS) is 17.9. The highest BCUT2D eigenvalue weighted by Crippen LogP contribution is 2.01. The summed E-state index contributed by atoms with van der Waals surface area (Å²) in [6.45, 7) is 3.35. The Morgan fingerprint density at radius 1 is 1.67 bits per heavy atom. The lowest BCUT2D eigenvalue weighted by atomic mass is 10.2. The molecular formula is C10H15NO4. The SMILES string of the molecule is COC(=O)C(C)=CCN1CCOCC1=O. The highest BCUT2D eigenvalue weighted by molar-refractivity contribution is 5.87. The van der Waals surface area contributed by atoms with E-state index in [1.165, 1.54) is 7.11 Å². The van der Waals surface area contributed by atoms with Crippen molar-refractivity contribution in [3.05, 3.63) is 11.6 Å². The largest absolute Gasteiger partial charge is 0.466 e. The van der Waals surface area contributed by atoms with Crippen LogP contribution in [0.5, 0.6) is 0 Å². The number of carbonyl (C=O) groups is 2. The lowest BCUT2D eigenvalue weighted by Gasteiger charge is -2.25. The summed E-state index contributed by atoms with van der Waals surface area (Å²) in [5.41, 5.74) is 0.511. The van der Waals surface area contributed by atoms with Gasteiger partial charge in [0.1, 0.15) is 6.61 Å². The highest BCUT2D eigenvalue weighted by atomic mass is 16.5. The van der Waals surface area contributed by atoms with Crippen molar-refractivity contribution in [2.75, 3.05) is 33.4 Å². The van der Waals surface area contributed by atoms with Crippen molar-refractivity contribution in [3.63, 3.8) is 0 Å². The zero-order valence-corrected chi connectivity index (χ0v) is 8.99. The zero-order valence-electron chi connectivity index (χ0n) is 8.99. The van der Waals surface area contributed by atoms with Gasteiger partial charge in [0, 0.05) is 18.7 Å². The molecular weight excluding hydrogens is 198 g/mol. The van der Waals surface area contributed by atoms with Crippen molar-refractivity contribution in [2.45, 2.75) is 6.92 Å². The van der Waals surface area contributed by atoms with Crippen LogP contribution in [0, 0.1) is 0 Å². The molecule has 1 aliphatic heterocycles. The Labute approximate surface area is 88.6 Å².